The highest BCUT2D eigenvalue weighted by Gasteiger charge is 2.23. The number of alkyl halides is 1. The van der Waals surface area contributed by atoms with Gasteiger partial charge in [0, 0.05) is 21.3 Å². The van der Waals surface area contributed by atoms with Crippen LogP contribution in [-0.2, 0) is 0 Å². The number of carbonyl (C=O) groups is 1. The molecule has 5 heteroatoms. The Balaban J connectivity index is 1.66. The molecule has 0 bridgehead atoms. The minimum atomic E-state index is 0.0774. The normalized spacial score (nSPS) is 23.6. The molecule has 19 heavy (non-hydrogen) atoms. The molecule has 1 N–H and O–H groups in total. The van der Waals surface area contributed by atoms with Gasteiger partial charge in [0.15, 0.2) is 0 Å². The van der Waals surface area contributed by atoms with E-state index in [1.54, 1.807) is 22.7 Å². The van der Waals surface area contributed by atoms with Crippen molar-refractivity contribution in [3.63, 3.8) is 0 Å². The Bertz CT molecular complexity index is 548. The van der Waals surface area contributed by atoms with Gasteiger partial charge in [-0.1, -0.05) is 6.42 Å². The largest absolute Gasteiger partial charge is 0.349 e. The van der Waals surface area contributed by atoms with Crippen LogP contribution in [0.5, 0.6) is 0 Å². The molecule has 0 radical (unpaired) electrons. The number of hydrogen-bond donors (Lipinski definition) is 1. The average molecular weight is 314 g/mol. The monoisotopic (exact) mass is 313 g/mol. The second-order valence-corrected chi connectivity index (χ2v) is 7.46. The third kappa shape index (κ3) is 2.96. The maximum absolute atomic E-state index is 12.2. The van der Waals surface area contributed by atoms with Crippen LogP contribution < -0.4 is 5.32 Å². The summed E-state index contributed by atoms with van der Waals surface area (Å²) < 4.78 is 2.41. The second kappa shape index (κ2) is 5.81. The van der Waals surface area contributed by atoms with E-state index in [4.69, 9.17) is 11.6 Å². The molecule has 0 aliphatic heterocycles. The number of nitrogens with one attached hydrogen (secondary N) is 1. The fraction of sp³-hybridized carbons (Fsp3) is 0.500. The van der Waals surface area contributed by atoms with Gasteiger partial charge in [-0.2, -0.15) is 0 Å². The minimum Gasteiger partial charge on any atom is -0.349 e. The molecule has 2 nitrogen and oxygen atoms in total. The molecule has 2 aromatic rings. The molecule has 2 aromatic heterocycles. The van der Waals surface area contributed by atoms with E-state index in [1.165, 1.54) is 22.2 Å². The van der Waals surface area contributed by atoms with E-state index >= 15 is 0 Å². The summed E-state index contributed by atoms with van der Waals surface area (Å²) in [5.74, 6) is 1.35. The minimum absolute atomic E-state index is 0.0774. The first-order chi connectivity index (χ1) is 9.26. The Kier molecular flexibility index (Phi) is 4.10. The van der Waals surface area contributed by atoms with Gasteiger partial charge in [-0.05, 0) is 42.7 Å². The zero-order chi connectivity index (χ0) is 13.2. The Morgan fingerprint density at radius 3 is 3.11 bits per heavy atom. The van der Waals surface area contributed by atoms with Gasteiger partial charge in [-0.15, -0.1) is 34.3 Å². The van der Waals surface area contributed by atoms with Crippen LogP contribution in [0, 0.1) is 5.92 Å². The Morgan fingerprint density at radius 1 is 1.42 bits per heavy atom. The fourth-order valence-corrected chi connectivity index (χ4v) is 4.99. The van der Waals surface area contributed by atoms with E-state index in [0.29, 0.717) is 17.8 Å². The van der Waals surface area contributed by atoms with E-state index in [0.717, 1.165) is 17.7 Å². The molecule has 1 fully saturated rings. The number of rotatable bonds is 3. The molecular weight excluding hydrogens is 298 g/mol. The summed E-state index contributed by atoms with van der Waals surface area (Å²) in [5.41, 5.74) is 0. The number of carbonyl (C=O) groups excluding carboxylic acids is 1. The summed E-state index contributed by atoms with van der Waals surface area (Å²) in [6.45, 7) is 0. The summed E-state index contributed by atoms with van der Waals surface area (Å²) in [6.07, 6.45) is 4.47. The highest BCUT2D eigenvalue weighted by atomic mass is 35.5. The average Bonchev–Trinajstić information content (AvgIpc) is 2.99. The predicted molar refractivity (Wildman–Crippen MR) is 83.6 cm³/mol. The number of hydrogen-bond acceptors (Lipinski definition) is 3. The molecule has 1 aliphatic rings. The lowest BCUT2D eigenvalue weighted by molar-refractivity contribution is 0.0926. The molecule has 1 saturated carbocycles. The van der Waals surface area contributed by atoms with E-state index in [1.807, 2.05) is 6.07 Å². The molecule has 0 saturated heterocycles. The van der Waals surface area contributed by atoms with Crippen molar-refractivity contribution in [2.45, 2.75) is 31.7 Å². The lowest BCUT2D eigenvalue weighted by Gasteiger charge is -2.28. The molecule has 2 heterocycles. The van der Waals surface area contributed by atoms with E-state index < -0.39 is 0 Å². The summed E-state index contributed by atoms with van der Waals surface area (Å²) in [7, 11) is 0. The van der Waals surface area contributed by atoms with Crippen LogP contribution in [0.4, 0.5) is 0 Å². The zero-order valence-corrected chi connectivity index (χ0v) is 12.9. The molecule has 0 aromatic carbocycles. The molecule has 0 spiro atoms. The maximum atomic E-state index is 12.2. The lowest BCUT2D eigenvalue weighted by Crippen LogP contribution is -2.38. The van der Waals surface area contributed by atoms with Gasteiger partial charge >= 0.3 is 0 Å². The molecular formula is C14H16ClNOS2. The molecule has 2 unspecified atom stereocenters. The summed E-state index contributed by atoms with van der Waals surface area (Å²) in [5, 5.41) is 5.23. The van der Waals surface area contributed by atoms with Crippen molar-refractivity contribution in [2.24, 2.45) is 5.92 Å². The first-order valence-electron chi connectivity index (χ1n) is 6.60. The van der Waals surface area contributed by atoms with Crippen molar-refractivity contribution < 1.29 is 4.79 Å². The van der Waals surface area contributed by atoms with Gasteiger partial charge in [0.2, 0.25) is 0 Å². The smallest absolute Gasteiger partial charge is 0.261 e. The van der Waals surface area contributed by atoms with E-state index in [2.05, 4.69) is 16.8 Å². The van der Waals surface area contributed by atoms with Crippen LogP contribution in [0.1, 0.15) is 35.4 Å². The van der Waals surface area contributed by atoms with Crippen LogP contribution in [0.15, 0.2) is 17.5 Å². The summed E-state index contributed by atoms with van der Waals surface area (Å²) in [4.78, 5) is 13.1. The van der Waals surface area contributed by atoms with Crippen LogP contribution in [0.2, 0.25) is 0 Å². The molecule has 1 aliphatic carbocycles. The third-order valence-electron chi connectivity index (χ3n) is 3.70. The maximum Gasteiger partial charge on any atom is 0.261 e. The topological polar surface area (TPSA) is 29.1 Å². The van der Waals surface area contributed by atoms with Gasteiger partial charge in [0.05, 0.1) is 4.88 Å². The van der Waals surface area contributed by atoms with Crippen LogP contribution in [0.3, 0.4) is 0 Å². The van der Waals surface area contributed by atoms with Crippen molar-refractivity contribution in [1.29, 1.82) is 0 Å². The van der Waals surface area contributed by atoms with Crippen molar-refractivity contribution in [3.8, 4) is 0 Å². The zero-order valence-electron chi connectivity index (χ0n) is 10.5. The van der Waals surface area contributed by atoms with Gasteiger partial charge in [-0.25, -0.2) is 0 Å². The van der Waals surface area contributed by atoms with Gasteiger partial charge in [0.1, 0.15) is 0 Å². The Morgan fingerprint density at radius 2 is 2.32 bits per heavy atom. The van der Waals surface area contributed by atoms with Crippen LogP contribution in [-0.4, -0.2) is 17.8 Å². The number of thiophene rings is 2. The van der Waals surface area contributed by atoms with Crippen molar-refractivity contribution >= 4 is 49.6 Å². The number of amides is 1. The first kappa shape index (κ1) is 13.4. The quantitative estimate of drug-likeness (QED) is 0.831. The lowest BCUT2D eigenvalue weighted by atomic mass is 9.87. The molecule has 2 atom stereocenters. The predicted octanol–water partition coefficient (Wildman–Crippen LogP) is 4.49. The SMILES string of the molecule is O=C(NC1CCCC(CCl)C1)c1cc2sccc2s1. The molecule has 102 valence electrons. The van der Waals surface area contributed by atoms with Crippen molar-refractivity contribution in [1.82, 2.24) is 5.32 Å². The van der Waals surface area contributed by atoms with E-state index in [-0.39, 0.29) is 5.91 Å². The fourth-order valence-electron chi connectivity index (χ4n) is 2.70. The number of halogens is 1. The highest BCUT2D eigenvalue weighted by Crippen LogP contribution is 2.30. The standard InChI is InChI=1S/C14H16ClNOS2/c15-8-9-2-1-3-10(6-9)16-14(17)13-7-12-11(19-13)4-5-18-12/h4-5,7,9-10H,1-3,6,8H2,(H,16,17). The Labute approximate surface area is 125 Å². The number of fused-ring (bicyclic) bond motifs is 1. The van der Waals surface area contributed by atoms with Gasteiger partial charge in [0.25, 0.3) is 5.91 Å². The molecule has 1 amide bonds. The second-order valence-electron chi connectivity index (χ2n) is 5.12. The van der Waals surface area contributed by atoms with Gasteiger partial charge < -0.3 is 5.32 Å². The third-order valence-corrected chi connectivity index (χ3v) is 6.23. The van der Waals surface area contributed by atoms with Crippen LogP contribution >= 0.6 is 34.3 Å². The van der Waals surface area contributed by atoms with Crippen molar-refractivity contribution in [2.75, 3.05) is 5.88 Å². The van der Waals surface area contributed by atoms with E-state index in [9.17, 15) is 4.79 Å². The van der Waals surface area contributed by atoms with Crippen LogP contribution in [0.25, 0.3) is 9.40 Å². The first-order valence-corrected chi connectivity index (χ1v) is 8.83. The Hall–Kier alpha value is -0.580. The van der Waals surface area contributed by atoms with Gasteiger partial charge in [-0.3, -0.25) is 4.79 Å². The highest BCUT2D eigenvalue weighted by molar-refractivity contribution is 7.27. The summed E-state index contributed by atoms with van der Waals surface area (Å²) >= 11 is 9.20. The van der Waals surface area contributed by atoms with Crippen molar-refractivity contribution in [3.05, 3.63) is 22.4 Å². The molecule has 3 rings (SSSR count). The summed E-state index contributed by atoms with van der Waals surface area (Å²) in [6, 6.07) is 4.37.